The summed E-state index contributed by atoms with van der Waals surface area (Å²) in [5, 5.41) is 33.6. The minimum Gasteiger partial charge on any atom is -0.545 e. The molecule has 2 aromatic carbocycles. The van der Waals surface area contributed by atoms with Crippen LogP contribution >= 0.6 is 0 Å². The van der Waals surface area contributed by atoms with Crippen LogP contribution in [0.1, 0.15) is 60.3 Å². The molecule has 0 saturated carbocycles. The fourth-order valence-corrected chi connectivity index (χ4v) is 3.32. The van der Waals surface area contributed by atoms with Crippen LogP contribution in [0.2, 0.25) is 0 Å². The number of carbonyl (C=O) groups excluding carboxylic acids is 1. The average molecular weight is 416 g/mol. The first-order valence-electron chi connectivity index (χ1n) is 9.82. The number of allylic oxidation sites excluding steroid dienone is 4. The van der Waals surface area contributed by atoms with E-state index in [4.69, 9.17) is 0 Å². The topological polar surface area (TPSA) is 80.6 Å². The van der Waals surface area contributed by atoms with Crippen molar-refractivity contribution in [3.05, 3.63) is 81.4 Å². The summed E-state index contributed by atoms with van der Waals surface area (Å²) in [4.78, 5) is 12.0. The van der Waals surface area contributed by atoms with Gasteiger partial charge in [0.05, 0.1) is 5.97 Å². The second-order valence-corrected chi connectivity index (χ2v) is 7.75. The maximum Gasteiger partial charge on any atom is 1.00 e. The molecule has 0 aromatic heterocycles. The Bertz CT molecular complexity index is 936. The summed E-state index contributed by atoms with van der Waals surface area (Å²) in [6, 6.07) is 9.72. The monoisotopic (exact) mass is 416 g/mol. The quantitative estimate of drug-likeness (QED) is 0.502. The van der Waals surface area contributed by atoms with Crippen LogP contribution in [0.5, 0.6) is 11.5 Å². The zero-order valence-electron chi connectivity index (χ0n) is 18.6. The molecule has 0 aliphatic rings. The van der Waals surface area contributed by atoms with Crippen LogP contribution in [0.3, 0.4) is 0 Å². The first kappa shape index (κ1) is 26.0. The van der Waals surface area contributed by atoms with Gasteiger partial charge in [-0.1, -0.05) is 53.6 Å². The maximum absolute atomic E-state index is 12.0. The predicted octanol–water partition coefficient (Wildman–Crippen LogP) is 1.27. The van der Waals surface area contributed by atoms with Crippen molar-refractivity contribution in [2.45, 2.75) is 53.4 Å². The number of phenols is 2. The van der Waals surface area contributed by atoms with Crippen LogP contribution in [0.4, 0.5) is 0 Å². The Kier molecular flexibility index (Phi) is 10.4. The third kappa shape index (κ3) is 6.76. The Morgan fingerprint density at radius 2 is 1.37 bits per heavy atom. The molecule has 0 aliphatic carbocycles. The Labute approximate surface area is 201 Å². The van der Waals surface area contributed by atoms with Crippen molar-refractivity contribution >= 4 is 5.97 Å². The van der Waals surface area contributed by atoms with Gasteiger partial charge in [0, 0.05) is 16.7 Å². The molecule has 2 aromatic rings. The van der Waals surface area contributed by atoms with Gasteiger partial charge >= 0.3 is 29.6 Å². The summed E-state index contributed by atoms with van der Waals surface area (Å²) in [5.74, 6) is -1.86. The van der Waals surface area contributed by atoms with Crippen LogP contribution in [0.15, 0.2) is 53.6 Å². The van der Waals surface area contributed by atoms with Crippen LogP contribution in [0.25, 0.3) is 0 Å². The Morgan fingerprint density at radius 3 is 1.87 bits per heavy atom. The number of hydrogen-bond donors (Lipinski definition) is 2. The summed E-state index contributed by atoms with van der Waals surface area (Å²) in [6.45, 7) is 7.72. The average Bonchev–Trinajstić information content (AvgIpc) is 2.65. The predicted molar refractivity (Wildman–Crippen MR) is 114 cm³/mol. The second kappa shape index (κ2) is 12.0. The zero-order valence-corrected chi connectivity index (χ0v) is 20.6. The third-order valence-corrected chi connectivity index (χ3v) is 4.90. The fourth-order valence-electron chi connectivity index (χ4n) is 3.32. The van der Waals surface area contributed by atoms with E-state index in [0.29, 0.717) is 30.4 Å². The van der Waals surface area contributed by atoms with Gasteiger partial charge < -0.3 is 20.1 Å². The van der Waals surface area contributed by atoms with Gasteiger partial charge in [-0.3, -0.25) is 0 Å². The SMILES string of the molecule is CC(C)=CCc1c(O)c(CC=C(C)C)c(CCc2ccccc2)c(C(=O)[O-])c1O.[Na+]. The first-order valence-corrected chi connectivity index (χ1v) is 9.82. The normalized spacial score (nSPS) is 10.1. The largest absolute Gasteiger partial charge is 1.00 e. The van der Waals surface area contributed by atoms with Gasteiger partial charge in [-0.15, -0.1) is 0 Å². The Morgan fingerprint density at radius 1 is 0.833 bits per heavy atom. The van der Waals surface area contributed by atoms with Gasteiger partial charge in [0.15, 0.2) is 0 Å². The van der Waals surface area contributed by atoms with Crippen molar-refractivity contribution in [2.75, 3.05) is 0 Å². The van der Waals surface area contributed by atoms with Crippen molar-refractivity contribution < 1.29 is 49.7 Å². The molecule has 30 heavy (non-hydrogen) atoms. The van der Waals surface area contributed by atoms with Crippen molar-refractivity contribution in [3.63, 3.8) is 0 Å². The summed E-state index contributed by atoms with van der Waals surface area (Å²) in [6.07, 6.45) is 5.41. The first-order chi connectivity index (χ1) is 13.7. The number of hydrogen-bond acceptors (Lipinski definition) is 4. The Balaban J connectivity index is 0.00000450. The van der Waals surface area contributed by atoms with Gasteiger partial charge in [-0.2, -0.15) is 0 Å². The van der Waals surface area contributed by atoms with Gasteiger partial charge in [-0.25, -0.2) is 0 Å². The van der Waals surface area contributed by atoms with Gasteiger partial charge in [-0.05, 0) is 64.5 Å². The Hall–Kier alpha value is -2.01. The van der Waals surface area contributed by atoms with Crippen LogP contribution < -0.4 is 34.7 Å². The number of phenolic OH excluding ortho intramolecular Hbond substituents is 1. The van der Waals surface area contributed by atoms with Gasteiger partial charge in [0.25, 0.3) is 0 Å². The number of aromatic carboxylic acids is 1. The third-order valence-electron chi connectivity index (χ3n) is 4.90. The number of carbonyl (C=O) groups is 1. The standard InChI is InChI=1S/C25H30O4.Na/c1-16(2)10-13-20-19(15-12-18-8-6-5-7-9-18)22(25(28)29)24(27)21(23(20)26)14-11-17(3)4;/h5-11,26-27H,12-15H2,1-4H3,(H,28,29);/q;+1/p-1. The van der Waals surface area contributed by atoms with Crippen molar-refractivity contribution in [3.8, 4) is 11.5 Å². The van der Waals surface area contributed by atoms with E-state index < -0.39 is 11.7 Å². The molecule has 0 saturated heterocycles. The van der Waals surface area contributed by atoms with E-state index in [2.05, 4.69) is 0 Å². The van der Waals surface area contributed by atoms with E-state index >= 15 is 0 Å². The molecular formula is C25H29NaO4. The minimum absolute atomic E-state index is 0. The number of carboxylic acids is 1. The number of carboxylic acid groups (broad SMARTS) is 1. The summed E-state index contributed by atoms with van der Waals surface area (Å²) in [5.41, 5.74) is 4.11. The molecule has 0 bridgehead atoms. The molecule has 0 spiro atoms. The minimum atomic E-state index is -1.43. The summed E-state index contributed by atoms with van der Waals surface area (Å²) in [7, 11) is 0. The number of aryl methyl sites for hydroxylation is 1. The van der Waals surface area contributed by atoms with E-state index in [1.165, 1.54) is 0 Å². The van der Waals surface area contributed by atoms with Crippen molar-refractivity contribution in [1.29, 1.82) is 0 Å². The molecule has 0 atom stereocenters. The maximum atomic E-state index is 12.0. The van der Waals surface area contributed by atoms with E-state index in [9.17, 15) is 20.1 Å². The molecule has 5 heteroatoms. The summed E-state index contributed by atoms with van der Waals surface area (Å²) >= 11 is 0. The molecule has 0 aliphatic heterocycles. The van der Waals surface area contributed by atoms with Gasteiger partial charge in [0.2, 0.25) is 0 Å². The molecule has 2 rings (SSSR count). The smallest absolute Gasteiger partial charge is 0.545 e. The van der Waals surface area contributed by atoms with Crippen molar-refractivity contribution in [1.82, 2.24) is 0 Å². The number of benzene rings is 2. The van der Waals surface area contributed by atoms with E-state index in [-0.39, 0.29) is 52.9 Å². The zero-order chi connectivity index (χ0) is 21.6. The molecule has 0 unspecified atom stereocenters. The molecule has 2 N–H and O–H groups in total. The van der Waals surface area contributed by atoms with Crippen molar-refractivity contribution in [2.24, 2.45) is 0 Å². The van der Waals surface area contributed by atoms with E-state index in [1.807, 2.05) is 70.2 Å². The van der Waals surface area contributed by atoms with Crippen LogP contribution in [-0.2, 0) is 25.7 Å². The molecule has 154 valence electrons. The molecule has 0 fully saturated rings. The number of rotatable bonds is 8. The number of aromatic hydroxyl groups is 2. The van der Waals surface area contributed by atoms with E-state index in [1.54, 1.807) is 0 Å². The van der Waals surface area contributed by atoms with Crippen LogP contribution in [0, 0.1) is 0 Å². The molecule has 4 nitrogen and oxygen atoms in total. The molecular weight excluding hydrogens is 387 g/mol. The summed E-state index contributed by atoms with van der Waals surface area (Å²) < 4.78 is 0. The van der Waals surface area contributed by atoms with Gasteiger partial charge in [0.1, 0.15) is 11.5 Å². The fraction of sp³-hybridized carbons (Fsp3) is 0.320. The molecule has 0 radical (unpaired) electrons. The molecule has 0 heterocycles. The van der Waals surface area contributed by atoms with Crippen LogP contribution in [-0.4, -0.2) is 16.2 Å². The molecule has 0 amide bonds. The van der Waals surface area contributed by atoms with E-state index in [0.717, 1.165) is 16.7 Å². The second-order valence-electron chi connectivity index (χ2n) is 7.75.